The highest BCUT2D eigenvalue weighted by Crippen LogP contribution is 2.35. The van der Waals surface area contributed by atoms with Crippen molar-refractivity contribution < 1.29 is 18.0 Å². The van der Waals surface area contributed by atoms with Gasteiger partial charge in [0.2, 0.25) is 0 Å². The zero-order valence-corrected chi connectivity index (χ0v) is 14.3. The average Bonchev–Trinajstić information content (AvgIpc) is 2.63. The first-order valence-corrected chi connectivity index (χ1v) is 8.11. The van der Waals surface area contributed by atoms with E-state index < -0.39 is 11.7 Å². The average molecular weight is 371 g/mol. The molecule has 0 aliphatic rings. The number of para-hydroxylation sites is 1. The molecule has 0 aliphatic carbocycles. The quantitative estimate of drug-likeness (QED) is 0.645. The van der Waals surface area contributed by atoms with Crippen molar-refractivity contribution in [2.75, 3.05) is 10.6 Å². The number of amides is 1. The van der Waals surface area contributed by atoms with Gasteiger partial charge in [-0.25, -0.2) is 4.98 Å². The molecule has 1 heterocycles. The van der Waals surface area contributed by atoms with Gasteiger partial charge in [-0.05, 0) is 42.8 Å². The molecule has 7 heteroatoms. The second-order valence-electron chi connectivity index (χ2n) is 5.87. The fourth-order valence-electron chi connectivity index (χ4n) is 2.55. The Balaban J connectivity index is 1.73. The summed E-state index contributed by atoms with van der Waals surface area (Å²) in [5.74, 6) is 0.00151. The molecular formula is C20H16F3N3O. The molecule has 27 heavy (non-hydrogen) atoms. The summed E-state index contributed by atoms with van der Waals surface area (Å²) >= 11 is 0. The summed E-state index contributed by atoms with van der Waals surface area (Å²) in [4.78, 5) is 16.4. The van der Waals surface area contributed by atoms with Crippen molar-refractivity contribution in [3.05, 3.63) is 83.6 Å². The van der Waals surface area contributed by atoms with Crippen LogP contribution in [0.4, 0.5) is 30.4 Å². The molecule has 0 saturated carbocycles. The van der Waals surface area contributed by atoms with Gasteiger partial charge >= 0.3 is 6.18 Å². The van der Waals surface area contributed by atoms with Gasteiger partial charge in [0.15, 0.2) is 0 Å². The van der Waals surface area contributed by atoms with Crippen LogP contribution in [0.3, 0.4) is 0 Å². The second-order valence-corrected chi connectivity index (χ2v) is 5.87. The van der Waals surface area contributed by atoms with E-state index in [0.29, 0.717) is 17.1 Å². The summed E-state index contributed by atoms with van der Waals surface area (Å²) in [7, 11) is 0. The maximum Gasteiger partial charge on any atom is 0.418 e. The molecule has 1 amide bonds. The van der Waals surface area contributed by atoms with Crippen LogP contribution in [-0.2, 0) is 6.18 Å². The van der Waals surface area contributed by atoms with E-state index in [0.717, 1.165) is 11.6 Å². The number of carbonyl (C=O) groups excluding carboxylic acids is 1. The summed E-state index contributed by atoms with van der Waals surface area (Å²) in [6.07, 6.45) is -3.10. The zero-order chi connectivity index (χ0) is 19.4. The first-order valence-electron chi connectivity index (χ1n) is 8.11. The van der Waals surface area contributed by atoms with E-state index >= 15 is 0 Å². The Morgan fingerprint density at radius 2 is 1.67 bits per heavy atom. The van der Waals surface area contributed by atoms with Crippen LogP contribution in [0.15, 0.2) is 66.9 Å². The van der Waals surface area contributed by atoms with Crippen molar-refractivity contribution >= 4 is 23.1 Å². The Bertz CT molecular complexity index is 953. The number of halogens is 3. The number of aromatic nitrogens is 1. The van der Waals surface area contributed by atoms with Crippen LogP contribution in [-0.4, -0.2) is 10.9 Å². The molecule has 0 bridgehead atoms. The maximum atomic E-state index is 13.0. The Hall–Kier alpha value is -3.35. The minimum absolute atomic E-state index is 0.0662. The van der Waals surface area contributed by atoms with Crippen LogP contribution in [0, 0.1) is 6.92 Å². The predicted molar refractivity (Wildman–Crippen MR) is 98.1 cm³/mol. The highest BCUT2D eigenvalue weighted by atomic mass is 19.4. The second kappa shape index (κ2) is 7.49. The van der Waals surface area contributed by atoms with Crippen molar-refractivity contribution in [3.8, 4) is 0 Å². The van der Waals surface area contributed by atoms with Crippen LogP contribution < -0.4 is 10.6 Å². The number of benzene rings is 2. The smallest absolute Gasteiger partial charge is 0.354 e. The lowest BCUT2D eigenvalue weighted by Crippen LogP contribution is -2.14. The number of aryl methyl sites for hydroxylation is 1. The van der Waals surface area contributed by atoms with Crippen LogP contribution >= 0.6 is 0 Å². The molecule has 138 valence electrons. The fraction of sp³-hybridized carbons (Fsp3) is 0.100. The van der Waals surface area contributed by atoms with Crippen molar-refractivity contribution in [1.29, 1.82) is 0 Å². The molecule has 0 atom stereocenters. The number of hydrogen-bond donors (Lipinski definition) is 2. The molecule has 0 unspecified atom stereocenters. The molecule has 0 aliphatic heterocycles. The Kier molecular flexibility index (Phi) is 5.12. The third-order valence-corrected chi connectivity index (χ3v) is 3.91. The summed E-state index contributed by atoms with van der Waals surface area (Å²) in [6, 6.07) is 15.4. The van der Waals surface area contributed by atoms with Crippen LogP contribution in [0.2, 0.25) is 0 Å². The van der Waals surface area contributed by atoms with Gasteiger partial charge < -0.3 is 10.6 Å². The zero-order valence-electron chi connectivity index (χ0n) is 14.3. The molecule has 2 N–H and O–H groups in total. The molecular weight excluding hydrogens is 355 g/mol. The number of anilines is 3. The molecule has 4 nitrogen and oxygen atoms in total. The van der Waals surface area contributed by atoms with E-state index in [1.54, 1.807) is 18.2 Å². The third kappa shape index (κ3) is 4.44. The van der Waals surface area contributed by atoms with Crippen LogP contribution in [0.25, 0.3) is 0 Å². The standard InChI is InChI=1S/C20H16F3N3O/c1-13-6-2-3-7-15(13)19(27)26-18-11-10-14(12-24-18)25-17-9-5-4-8-16(17)20(21,22)23/h2-12,25H,1H3,(H,24,26,27). The van der Waals surface area contributed by atoms with E-state index in [1.807, 2.05) is 19.1 Å². The molecule has 0 spiro atoms. The number of carbonyl (C=O) groups is 1. The van der Waals surface area contributed by atoms with Gasteiger partial charge in [0.25, 0.3) is 5.91 Å². The van der Waals surface area contributed by atoms with Crippen molar-refractivity contribution in [3.63, 3.8) is 0 Å². The van der Waals surface area contributed by atoms with Gasteiger partial charge in [-0.15, -0.1) is 0 Å². The summed E-state index contributed by atoms with van der Waals surface area (Å²) in [6.45, 7) is 1.83. The number of hydrogen-bond acceptors (Lipinski definition) is 3. The fourth-order valence-corrected chi connectivity index (χ4v) is 2.55. The highest BCUT2D eigenvalue weighted by Gasteiger charge is 2.33. The first kappa shape index (κ1) is 18.4. The van der Waals surface area contributed by atoms with Gasteiger partial charge in [0.05, 0.1) is 23.1 Å². The number of alkyl halides is 3. The number of nitrogens with zero attached hydrogens (tertiary/aromatic N) is 1. The molecule has 0 saturated heterocycles. The largest absolute Gasteiger partial charge is 0.418 e. The van der Waals surface area contributed by atoms with Crippen molar-refractivity contribution in [2.24, 2.45) is 0 Å². The molecule has 3 rings (SSSR count). The molecule has 0 radical (unpaired) electrons. The number of nitrogens with one attached hydrogen (secondary N) is 2. The normalized spacial score (nSPS) is 11.1. The van der Waals surface area contributed by atoms with Gasteiger partial charge in [0, 0.05) is 5.56 Å². The SMILES string of the molecule is Cc1ccccc1C(=O)Nc1ccc(Nc2ccccc2C(F)(F)F)cn1. The predicted octanol–water partition coefficient (Wildman–Crippen LogP) is 5.40. The molecule has 1 aromatic heterocycles. The van der Waals surface area contributed by atoms with E-state index in [-0.39, 0.29) is 11.6 Å². The van der Waals surface area contributed by atoms with E-state index in [2.05, 4.69) is 15.6 Å². The van der Waals surface area contributed by atoms with Gasteiger partial charge in [0.1, 0.15) is 5.82 Å². The minimum Gasteiger partial charge on any atom is -0.354 e. The van der Waals surface area contributed by atoms with E-state index in [1.165, 1.54) is 30.5 Å². The Morgan fingerprint density at radius 3 is 2.33 bits per heavy atom. The Morgan fingerprint density at radius 1 is 0.963 bits per heavy atom. The molecule has 0 fully saturated rings. The number of rotatable bonds is 4. The van der Waals surface area contributed by atoms with Crippen LogP contribution in [0.5, 0.6) is 0 Å². The van der Waals surface area contributed by atoms with E-state index in [9.17, 15) is 18.0 Å². The summed E-state index contributed by atoms with van der Waals surface area (Å²) < 4.78 is 39.1. The summed E-state index contributed by atoms with van der Waals surface area (Å²) in [5.41, 5.74) is 0.906. The van der Waals surface area contributed by atoms with Crippen molar-refractivity contribution in [1.82, 2.24) is 4.98 Å². The van der Waals surface area contributed by atoms with E-state index in [4.69, 9.17) is 0 Å². The lowest BCUT2D eigenvalue weighted by molar-refractivity contribution is -0.136. The third-order valence-electron chi connectivity index (χ3n) is 3.91. The highest BCUT2D eigenvalue weighted by molar-refractivity contribution is 6.04. The Labute approximate surface area is 154 Å². The van der Waals surface area contributed by atoms with Crippen molar-refractivity contribution in [2.45, 2.75) is 13.1 Å². The lowest BCUT2D eigenvalue weighted by atomic mass is 10.1. The number of pyridine rings is 1. The topological polar surface area (TPSA) is 54.0 Å². The van der Waals surface area contributed by atoms with Crippen LogP contribution in [0.1, 0.15) is 21.5 Å². The minimum atomic E-state index is -4.46. The first-order chi connectivity index (χ1) is 12.8. The maximum absolute atomic E-state index is 13.0. The molecule has 3 aromatic rings. The lowest BCUT2D eigenvalue weighted by Gasteiger charge is -2.14. The van der Waals surface area contributed by atoms with Gasteiger partial charge in [-0.2, -0.15) is 13.2 Å². The van der Waals surface area contributed by atoms with Gasteiger partial charge in [-0.1, -0.05) is 30.3 Å². The monoisotopic (exact) mass is 371 g/mol. The molecule has 2 aromatic carbocycles. The van der Waals surface area contributed by atoms with Gasteiger partial charge in [-0.3, -0.25) is 4.79 Å². The summed E-state index contributed by atoms with van der Waals surface area (Å²) in [5, 5.41) is 5.37.